The summed E-state index contributed by atoms with van der Waals surface area (Å²) in [5, 5.41) is 11.1. The number of nitrogens with one attached hydrogen (secondary N) is 1. The van der Waals surface area contributed by atoms with Gasteiger partial charge in [-0.25, -0.2) is 12.7 Å². The fraction of sp³-hybridized carbons (Fsp3) is 0.333. The van der Waals surface area contributed by atoms with Gasteiger partial charge >= 0.3 is 0 Å². The van der Waals surface area contributed by atoms with Crippen LogP contribution in [0.4, 0.5) is 0 Å². The van der Waals surface area contributed by atoms with Crippen molar-refractivity contribution in [2.75, 3.05) is 26.4 Å². The second-order valence-corrected chi connectivity index (χ2v) is 6.35. The monoisotopic (exact) mass is 281 g/mol. The highest BCUT2D eigenvalue weighted by Gasteiger charge is 2.14. The smallest absolute Gasteiger partial charge is 0.251 e. The molecule has 0 atom stereocenters. The van der Waals surface area contributed by atoms with Crippen molar-refractivity contribution in [2.45, 2.75) is 0 Å². The second-order valence-electron chi connectivity index (χ2n) is 4.04. The largest absolute Gasteiger partial charge is 0.351 e. The molecule has 1 aromatic carbocycles. The Balaban J connectivity index is 2.55. The minimum Gasteiger partial charge on any atom is -0.351 e. The minimum atomic E-state index is -3.31. The summed E-state index contributed by atoms with van der Waals surface area (Å²) in [6.07, 6.45) is 0. The summed E-state index contributed by atoms with van der Waals surface area (Å²) in [6, 6.07) is 8.06. The van der Waals surface area contributed by atoms with E-state index in [0.717, 1.165) is 4.31 Å². The average molecular weight is 281 g/mol. The Kier molecular flexibility index (Phi) is 5.03. The number of benzene rings is 1. The Bertz CT molecular complexity index is 586. The molecule has 0 spiro atoms. The van der Waals surface area contributed by atoms with E-state index in [-0.39, 0.29) is 18.2 Å². The zero-order chi connectivity index (χ0) is 14.5. The predicted octanol–water partition coefficient (Wildman–Crippen LogP) is 0.179. The van der Waals surface area contributed by atoms with E-state index in [1.807, 2.05) is 6.07 Å². The molecular weight excluding hydrogens is 266 g/mol. The van der Waals surface area contributed by atoms with E-state index >= 15 is 0 Å². The number of carbonyl (C=O) groups is 1. The molecule has 7 heteroatoms. The molecule has 19 heavy (non-hydrogen) atoms. The highest BCUT2D eigenvalue weighted by atomic mass is 32.2. The van der Waals surface area contributed by atoms with Crippen LogP contribution in [0.3, 0.4) is 0 Å². The summed E-state index contributed by atoms with van der Waals surface area (Å²) in [7, 11) is -0.427. The third-order valence-corrected chi connectivity index (χ3v) is 4.31. The molecule has 0 heterocycles. The maximum absolute atomic E-state index is 11.7. The fourth-order valence-electron chi connectivity index (χ4n) is 1.27. The highest BCUT2D eigenvalue weighted by Crippen LogP contribution is 2.03. The Labute approximate surface area is 112 Å². The van der Waals surface area contributed by atoms with Crippen LogP contribution >= 0.6 is 0 Å². The summed E-state index contributed by atoms with van der Waals surface area (Å²) in [6.45, 7) is 0.0410. The van der Waals surface area contributed by atoms with Crippen molar-refractivity contribution >= 4 is 15.9 Å². The first-order valence-electron chi connectivity index (χ1n) is 5.55. The summed E-state index contributed by atoms with van der Waals surface area (Å²) >= 11 is 0. The zero-order valence-electron chi connectivity index (χ0n) is 10.8. The number of hydrogen-bond acceptors (Lipinski definition) is 4. The molecule has 102 valence electrons. The fourth-order valence-corrected chi connectivity index (χ4v) is 2.00. The average Bonchev–Trinajstić information content (AvgIpc) is 2.38. The van der Waals surface area contributed by atoms with Crippen LogP contribution in [0.25, 0.3) is 0 Å². The molecule has 0 radical (unpaired) electrons. The highest BCUT2D eigenvalue weighted by molar-refractivity contribution is 7.89. The van der Waals surface area contributed by atoms with Crippen LogP contribution in [0.2, 0.25) is 0 Å². The maximum atomic E-state index is 11.7. The number of nitriles is 1. The lowest BCUT2D eigenvalue weighted by atomic mass is 10.1. The molecule has 0 aliphatic carbocycles. The van der Waals surface area contributed by atoms with Crippen molar-refractivity contribution in [1.29, 1.82) is 5.26 Å². The third kappa shape index (κ3) is 4.35. The molecular formula is C12H15N3O3S. The molecule has 0 aliphatic heterocycles. The van der Waals surface area contributed by atoms with Crippen LogP contribution in [-0.4, -0.2) is 45.0 Å². The lowest BCUT2D eigenvalue weighted by Gasteiger charge is -2.11. The Hall–Kier alpha value is -1.91. The number of carbonyl (C=O) groups excluding carboxylic acids is 1. The first-order valence-corrected chi connectivity index (χ1v) is 7.16. The van der Waals surface area contributed by atoms with Crippen LogP contribution in [-0.2, 0) is 10.0 Å². The lowest BCUT2D eigenvalue weighted by Crippen LogP contribution is -2.33. The van der Waals surface area contributed by atoms with E-state index < -0.39 is 10.0 Å². The Morgan fingerprint density at radius 1 is 1.32 bits per heavy atom. The number of nitrogens with zero attached hydrogens (tertiary/aromatic N) is 2. The first kappa shape index (κ1) is 15.1. The number of hydrogen-bond donors (Lipinski definition) is 1. The molecule has 6 nitrogen and oxygen atoms in total. The lowest BCUT2D eigenvalue weighted by molar-refractivity contribution is 0.0956. The van der Waals surface area contributed by atoms with Gasteiger partial charge in [0.25, 0.3) is 5.91 Å². The van der Waals surface area contributed by atoms with Crippen molar-refractivity contribution in [3.63, 3.8) is 0 Å². The van der Waals surface area contributed by atoms with Crippen molar-refractivity contribution in [2.24, 2.45) is 0 Å². The zero-order valence-corrected chi connectivity index (χ0v) is 11.6. The van der Waals surface area contributed by atoms with E-state index in [4.69, 9.17) is 5.26 Å². The molecule has 1 amide bonds. The Morgan fingerprint density at radius 3 is 2.37 bits per heavy atom. The standard InChI is InChI=1S/C12H15N3O3S/c1-15(2)19(17,18)8-7-14-12(16)11-5-3-10(9-13)4-6-11/h3-6H,7-8H2,1-2H3,(H,14,16). The van der Waals surface area contributed by atoms with E-state index in [1.54, 1.807) is 0 Å². The van der Waals surface area contributed by atoms with Crippen molar-refractivity contribution in [1.82, 2.24) is 9.62 Å². The molecule has 0 aromatic heterocycles. The Morgan fingerprint density at radius 2 is 1.89 bits per heavy atom. The minimum absolute atomic E-state index is 0.0410. The van der Waals surface area contributed by atoms with E-state index in [0.29, 0.717) is 11.1 Å². The van der Waals surface area contributed by atoms with E-state index in [1.165, 1.54) is 38.4 Å². The van der Waals surface area contributed by atoms with Gasteiger partial charge in [0, 0.05) is 26.2 Å². The SMILES string of the molecule is CN(C)S(=O)(=O)CCNC(=O)c1ccc(C#N)cc1. The van der Waals surface area contributed by atoms with Crippen molar-refractivity contribution in [3.05, 3.63) is 35.4 Å². The maximum Gasteiger partial charge on any atom is 0.251 e. The molecule has 0 aliphatic rings. The summed E-state index contributed by atoms with van der Waals surface area (Å²) < 4.78 is 24.1. The normalized spacial score (nSPS) is 11.1. The first-order chi connectivity index (χ1) is 8.86. The summed E-state index contributed by atoms with van der Waals surface area (Å²) in [5.74, 6) is -0.513. The quantitative estimate of drug-likeness (QED) is 0.833. The predicted molar refractivity (Wildman–Crippen MR) is 71.0 cm³/mol. The van der Waals surface area contributed by atoms with Gasteiger partial charge in [-0.1, -0.05) is 0 Å². The number of sulfonamides is 1. The van der Waals surface area contributed by atoms with Gasteiger partial charge < -0.3 is 5.32 Å². The van der Waals surface area contributed by atoms with Crippen LogP contribution < -0.4 is 5.32 Å². The third-order valence-electron chi connectivity index (χ3n) is 2.48. The summed E-state index contributed by atoms with van der Waals surface area (Å²) in [4.78, 5) is 11.7. The van der Waals surface area contributed by atoms with E-state index in [9.17, 15) is 13.2 Å². The van der Waals surface area contributed by atoms with Gasteiger partial charge in [0.1, 0.15) is 0 Å². The van der Waals surface area contributed by atoms with Crippen LogP contribution in [0, 0.1) is 11.3 Å². The van der Waals surface area contributed by atoms with Gasteiger partial charge in [0.15, 0.2) is 0 Å². The number of rotatable bonds is 5. The van der Waals surface area contributed by atoms with Crippen molar-refractivity contribution in [3.8, 4) is 6.07 Å². The number of amides is 1. The van der Waals surface area contributed by atoms with Crippen molar-refractivity contribution < 1.29 is 13.2 Å². The molecule has 0 saturated heterocycles. The van der Waals surface area contributed by atoms with Crippen LogP contribution in [0.5, 0.6) is 0 Å². The topological polar surface area (TPSA) is 90.3 Å². The second kappa shape index (κ2) is 6.31. The molecule has 1 N–H and O–H groups in total. The van der Waals surface area contributed by atoms with Gasteiger partial charge in [-0.15, -0.1) is 0 Å². The summed E-state index contributed by atoms with van der Waals surface area (Å²) in [5.41, 5.74) is 0.855. The van der Waals surface area contributed by atoms with Gasteiger partial charge in [-0.3, -0.25) is 4.79 Å². The van der Waals surface area contributed by atoms with Gasteiger partial charge in [0.2, 0.25) is 10.0 Å². The van der Waals surface area contributed by atoms with Crippen LogP contribution in [0.15, 0.2) is 24.3 Å². The van der Waals surface area contributed by atoms with Gasteiger partial charge in [0.05, 0.1) is 17.4 Å². The molecule has 0 unspecified atom stereocenters. The van der Waals surface area contributed by atoms with E-state index in [2.05, 4.69) is 5.32 Å². The molecule has 0 saturated carbocycles. The van der Waals surface area contributed by atoms with Crippen LogP contribution in [0.1, 0.15) is 15.9 Å². The molecule has 0 fully saturated rings. The molecule has 1 aromatic rings. The van der Waals surface area contributed by atoms with Gasteiger partial charge in [-0.05, 0) is 24.3 Å². The van der Waals surface area contributed by atoms with Gasteiger partial charge in [-0.2, -0.15) is 5.26 Å². The molecule has 0 bridgehead atoms. The molecule has 1 rings (SSSR count).